The molecule has 1 saturated heterocycles. The minimum Gasteiger partial charge on any atom is -0.463 e. The highest BCUT2D eigenvalue weighted by Crippen LogP contribution is 2.14. The Hall–Kier alpha value is -0.570. The van der Waals surface area contributed by atoms with Crippen LogP contribution in [0, 0.1) is 5.92 Å². The molecule has 0 radical (unpaired) electrons. The van der Waals surface area contributed by atoms with Crippen LogP contribution in [-0.4, -0.2) is 25.3 Å². The summed E-state index contributed by atoms with van der Waals surface area (Å²) in [5.41, 5.74) is 0. The molecule has 1 heterocycles. The molecule has 0 aromatic carbocycles. The van der Waals surface area contributed by atoms with Crippen LogP contribution in [0.15, 0.2) is 0 Å². The van der Waals surface area contributed by atoms with Crippen molar-refractivity contribution >= 4 is 5.97 Å². The lowest BCUT2D eigenvalue weighted by Crippen LogP contribution is -2.12. The molecule has 82 valence electrons. The molecular formula is C11H20O3. The smallest absolute Gasteiger partial charge is 0.306 e. The Balaban J connectivity index is 1.99. The lowest BCUT2D eigenvalue weighted by molar-refractivity contribution is -0.145. The van der Waals surface area contributed by atoms with E-state index in [1.807, 2.05) is 0 Å². The SMILES string of the molecule is CCCCC(C)CC(=O)OCC1CO1. The van der Waals surface area contributed by atoms with E-state index < -0.39 is 0 Å². The number of carbonyl (C=O) groups excluding carboxylic acids is 1. The van der Waals surface area contributed by atoms with Gasteiger partial charge in [0.15, 0.2) is 0 Å². The highest BCUT2D eigenvalue weighted by Gasteiger charge is 2.24. The molecule has 0 saturated carbocycles. The van der Waals surface area contributed by atoms with Gasteiger partial charge in [-0.3, -0.25) is 4.79 Å². The fourth-order valence-electron chi connectivity index (χ4n) is 1.35. The molecule has 0 N–H and O–H groups in total. The van der Waals surface area contributed by atoms with Crippen LogP contribution in [0.2, 0.25) is 0 Å². The number of esters is 1. The fourth-order valence-corrected chi connectivity index (χ4v) is 1.35. The third-order valence-electron chi connectivity index (χ3n) is 2.40. The quantitative estimate of drug-likeness (QED) is 0.467. The third kappa shape index (κ3) is 5.22. The van der Waals surface area contributed by atoms with Crippen LogP contribution in [0.5, 0.6) is 0 Å². The highest BCUT2D eigenvalue weighted by molar-refractivity contribution is 5.69. The van der Waals surface area contributed by atoms with Crippen molar-refractivity contribution in [3.63, 3.8) is 0 Å². The van der Waals surface area contributed by atoms with Crippen LogP contribution in [0.3, 0.4) is 0 Å². The fraction of sp³-hybridized carbons (Fsp3) is 0.909. The Morgan fingerprint density at radius 2 is 2.36 bits per heavy atom. The minimum atomic E-state index is -0.0795. The summed E-state index contributed by atoms with van der Waals surface area (Å²) in [7, 11) is 0. The van der Waals surface area contributed by atoms with Gasteiger partial charge in [0.1, 0.15) is 12.7 Å². The Kier molecular flexibility index (Phi) is 4.94. The number of rotatable bonds is 7. The van der Waals surface area contributed by atoms with Crippen LogP contribution in [0.25, 0.3) is 0 Å². The third-order valence-corrected chi connectivity index (χ3v) is 2.40. The molecule has 3 nitrogen and oxygen atoms in total. The monoisotopic (exact) mass is 200 g/mol. The van der Waals surface area contributed by atoms with Crippen molar-refractivity contribution in [2.24, 2.45) is 5.92 Å². The van der Waals surface area contributed by atoms with E-state index in [2.05, 4.69) is 13.8 Å². The second-order valence-corrected chi connectivity index (χ2v) is 4.09. The lowest BCUT2D eigenvalue weighted by atomic mass is 10.0. The summed E-state index contributed by atoms with van der Waals surface area (Å²) in [6.45, 7) is 5.46. The van der Waals surface area contributed by atoms with Crippen molar-refractivity contribution < 1.29 is 14.3 Å². The average molecular weight is 200 g/mol. The normalized spacial score (nSPS) is 21.7. The molecule has 0 bridgehead atoms. The topological polar surface area (TPSA) is 38.8 Å². The molecule has 3 heteroatoms. The first-order chi connectivity index (χ1) is 6.72. The van der Waals surface area contributed by atoms with Gasteiger partial charge < -0.3 is 9.47 Å². The molecule has 0 aromatic heterocycles. The zero-order valence-electron chi connectivity index (χ0n) is 9.12. The zero-order chi connectivity index (χ0) is 10.4. The van der Waals surface area contributed by atoms with Gasteiger partial charge in [-0.25, -0.2) is 0 Å². The van der Waals surface area contributed by atoms with E-state index in [9.17, 15) is 4.79 Å². The van der Waals surface area contributed by atoms with Gasteiger partial charge >= 0.3 is 5.97 Å². The molecule has 1 fully saturated rings. The Labute approximate surface area is 85.8 Å². The van der Waals surface area contributed by atoms with Crippen molar-refractivity contribution in [3.8, 4) is 0 Å². The van der Waals surface area contributed by atoms with Crippen LogP contribution in [0.4, 0.5) is 0 Å². The molecule has 0 aliphatic carbocycles. The summed E-state index contributed by atoms with van der Waals surface area (Å²) in [6, 6.07) is 0. The maximum Gasteiger partial charge on any atom is 0.306 e. The van der Waals surface area contributed by atoms with Crippen LogP contribution in [0.1, 0.15) is 39.5 Å². The van der Waals surface area contributed by atoms with Crippen molar-refractivity contribution in [2.45, 2.75) is 45.6 Å². The van der Waals surface area contributed by atoms with E-state index in [1.165, 1.54) is 12.8 Å². The molecule has 0 aromatic rings. The number of hydrogen-bond donors (Lipinski definition) is 0. The number of carbonyl (C=O) groups is 1. The van der Waals surface area contributed by atoms with E-state index in [1.54, 1.807) is 0 Å². The first kappa shape index (κ1) is 11.5. The van der Waals surface area contributed by atoms with E-state index in [-0.39, 0.29) is 12.1 Å². The predicted molar refractivity (Wildman–Crippen MR) is 54.0 cm³/mol. The van der Waals surface area contributed by atoms with Crippen molar-refractivity contribution in [2.75, 3.05) is 13.2 Å². The van der Waals surface area contributed by atoms with Crippen molar-refractivity contribution in [3.05, 3.63) is 0 Å². The summed E-state index contributed by atoms with van der Waals surface area (Å²) in [5, 5.41) is 0. The molecular weight excluding hydrogens is 180 g/mol. The van der Waals surface area contributed by atoms with Crippen LogP contribution >= 0.6 is 0 Å². The summed E-state index contributed by atoms with van der Waals surface area (Å²) < 4.78 is 10.0. The maximum atomic E-state index is 11.3. The Morgan fingerprint density at radius 3 is 2.93 bits per heavy atom. The maximum absolute atomic E-state index is 11.3. The van der Waals surface area contributed by atoms with E-state index in [4.69, 9.17) is 9.47 Å². The second kappa shape index (κ2) is 6.02. The van der Waals surface area contributed by atoms with Crippen molar-refractivity contribution in [1.82, 2.24) is 0 Å². The molecule has 14 heavy (non-hydrogen) atoms. The number of hydrogen-bond acceptors (Lipinski definition) is 3. The highest BCUT2D eigenvalue weighted by atomic mass is 16.6. The first-order valence-corrected chi connectivity index (χ1v) is 5.49. The molecule has 0 amide bonds. The minimum absolute atomic E-state index is 0.0795. The van der Waals surface area contributed by atoms with Gasteiger partial charge in [0.2, 0.25) is 0 Å². The predicted octanol–water partition coefficient (Wildman–Crippen LogP) is 2.14. The molecule has 1 aliphatic rings. The van der Waals surface area contributed by atoms with Crippen LogP contribution in [-0.2, 0) is 14.3 Å². The van der Waals surface area contributed by atoms with E-state index in [0.29, 0.717) is 18.9 Å². The largest absolute Gasteiger partial charge is 0.463 e. The molecule has 1 rings (SSSR count). The van der Waals surface area contributed by atoms with Gasteiger partial charge in [-0.15, -0.1) is 0 Å². The summed E-state index contributed by atoms with van der Waals surface area (Å²) in [4.78, 5) is 11.3. The van der Waals surface area contributed by atoms with E-state index in [0.717, 1.165) is 13.0 Å². The van der Waals surface area contributed by atoms with Gasteiger partial charge in [-0.05, 0) is 5.92 Å². The zero-order valence-corrected chi connectivity index (χ0v) is 9.12. The molecule has 2 atom stereocenters. The lowest BCUT2D eigenvalue weighted by Gasteiger charge is -2.09. The average Bonchev–Trinajstić information content (AvgIpc) is 2.95. The first-order valence-electron chi connectivity index (χ1n) is 5.49. The summed E-state index contributed by atoms with van der Waals surface area (Å²) in [6.07, 6.45) is 4.23. The Morgan fingerprint density at radius 1 is 1.64 bits per heavy atom. The second-order valence-electron chi connectivity index (χ2n) is 4.09. The summed E-state index contributed by atoms with van der Waals surface area (Å²) >= 11 is 0. The number of unbranched alkanes of at least 4 members (excludes halogenated alkanes) is 1. The van der Waals surface area contributed by atoms with Gasteiger partial charge in [0.25, 0.3) is 0 Å². The van der Waals surface area contributed by atoms with Gasteiger partial charge in [-0.2, -0.15) is 0 Å². The van der Waals surface area contributed by atoms with Gasteiger partial charge in [0, 0.05) is 6.42 Å². The molecule has 2 unspecified atom stereocenters. The summed E-state index contributed by atoms with van der Waals surface area (Å²) in [5.74, 6) is 0.367. The van der Waals surface area contributed by atoms with Gasteiger partial charge in [0.05, 0.1) is 6.61 Å². The molecule has 1 aliphatic heterocycles. The van der Waals surface area contributed by atoms with Gasteiger partial charge in [-0.1, -0.05) is 33.1 Å². The Bertz CT molecular complexity index is 175. The van der Waals surface area contributed by atoms with Crippen LogP contribution < -0.4 is 0 Å². The number of ether oxygens (including phenoxy) is 2. The van der Waals surface area contributed by atoms with Crippen molar-refractivity contribution in [1.29, 1.82) is 0 Å². The standard InChI is InChI=1S/C11H20O3/c1-3-4-5-9(2)6-11(12)14-8-10-7-13-10/h9-10H,3-8H2,1-2H3. The van der Waals surface area contributed by atoms with E-state index >= 15 is 0 Å². The molecule has 0 spiro atoms. The number of epoxide rings is 1.